The standard InChI is InChI=1S/C12H20O2/c1-4-10(3)11(13)14-12(5-2)8-6-7-9-12/h4H,5-9H2,1-3H3/b10-4+. The minimum absolute atomic E-state index is 0.142. The van der Waals surface area contributed by atoms with Crippen LogP contribution in [0.4, 0.5) is 0 Å². The number of rotatable bonds is 3. The highest BCUT2D eigenvalue weighted by Gasteiger charge is 2.35. The van der Waals surface area contributed by atoms with Crippen molar-refractivity contribution in [1.82, 2.24) is 0 Å². The molecule has 2 heteroatoms. The highest BCUT2D eigenvalue weighted by molar-refractivity contribution is 5.87. The summed E-state index contributed by atoms with van der Waals surface area (Å²) in [5.74, 6) is -0.142. The van der Waals surface area contributed by atoms with Crippen LogP contribution in [0.5, 0.6) is 0 Å². The van der Waals surface area contributed by atoms with Crippen LogP contribution >= 0.6 is 0 Å². The Labute approximate surface area is 86.3 Å². The van der Waals surface area contributed by atoms with Gasteiger partial charge in [0.2, 0.25) is 0 Å². The fourth-order valence-electron chi connectivity index (χ4n) is 1.94. The summed E-state index contributed by atoms with van der Waals surface area (Å²) >= 11 is 0. The number of hydrogen-bond acceptors (Lipinski definition) is 2. The van der Waals surface area contributed by atoms with Gasteiger partial charge >= 0.3 is 5.97 Å². The molecule has 2 nitrogen and oxygen atoms in total. The number of allylic oxidation sites excluding steroid dienone is 1. The molecule has 0 aromatic carbocycles. The van der Waals surface area contributed by atoms with E-state index in [1.165, 1.54) is 12.8 Å². The lowest BCUT2D eigenvalue weighted by atomic mass is 9.99. The molecule has 0 unspecified atom stereocenters. The Kier molecular flexibility index (Phi) is 3.73. The summed E-state index contributed by atoms with van der Waals surface area (Å²) < 4.78 is 5.59. The molecule has 0 bridgehead atoms. The molecule has 0 N–H and O–H groups in total. The topological polar surface area (TPSA) is 26.3 Å². The van der Waals surface area contributed by atoms with E-state index in [9.17, 15) is 4.79 Å². The Morgan fingerprint density at radius 1 is 1.43 bits per heavy atom. The maximum atomic E-state index is 11.6. The number of carbonyl (C=O) groups is 1. The SMILES string of the molecule is C/C=C(\C)C(=O)OC1(CC)CCCC1. The van der Waals surface area contributed by atoms with Crippen molar-refractivity contribution in [2.24, 2.45) is 0 Å². The number of carbonyl (C=O) groups excluding carboxylic acids is 1. The molecule has 0 aromatic rings. The van der Waals surface area contributed by atoms with Crippen LogP contribution in [0.15, 0.2) is 11.6 Å². The molecule has 80 valence electrons. The number of hydrogen-bond donors (Lipinski definition) is 0. The zero-order chi connectivity index (χ0) is 10.6. The summed E-state index contributed by atoms with van der Waals surface area (Å²) in [6, 6.07) is 0. The first kappa shape index (κ1) is 11.3. The first-order valence-corrected chi connectivity index (χ1v) is 5.50. The lowest BCUT2D eigenvalue weighted by molar-refractivity contribution is -0.154. The fraction of sp³-hybridized carbons (Fsp3) is 0.750. The zero-order valence-corrected chi connectivity index (χ0v) is 9.43. The molecule has 0 spiro atoms. The van der Waals surface area contributed by atoms with Crippen LogP contribution in [0, 0.1) is 0 Å². The highest BCUT2D eigenvalue weighted by atomic mass is 16.6. The molecule has 0 amide bonds. The first-order chi connectivity index (χ1) is 6.63. The Hall–Kier alpha value is -0.790. The molecule has 14 heavy (non-hydrogen) atoms. The van der Waals surface area contributed by atoms with Crippen LogP contribution in [0.25, 0.3) is 0 Å². The maximum Gasteiger partial charge on any atom is 0.333 e. The summed E-state index contributed by atoms with van der Waals surface area (Å²) in [4.78, 5) is 11.6. The Balaban J connectivity index is 2.61. The molecular formula is C12H20O2. The van der Waals surface area contributed by atoms with Crippen molar-refractivity contribution < 1.29 is 9.53 Å². The van der Waals surface area contributed by atoms with Crippen LogP contribution < -0.4 is 0 Å². The molecular weight excluding hydrogens is 176 g/mol. The van der Waals surface area contributed by atoms with Crippen LogP contribution in [0.1, 0.15) is 52.9 Å². The van der Waals surface area contributed by atoms with Crippen LogP contribution in [0.3, 0.4) is 0 Å². The smallest absolute Gasteiger partial charge is 0.333 e. The van der Waals surface area contributed by atoms with Crippen molar-refractivity contribution in [3.63, 3.8) is 0 Å². The molecule has 0 heterocycles. The Bertz CT molecular complexity index is 235. The van der Waals surface area contributed by atoms with Gasteiger partial charge in [0.05, 0.1) is 0 Å². The van der Waals surface area contributed by atoms with Crippen molar-refractivity contribution >= 4 is 5.97 Å². The van der Waals surface area contributed by atoms with E-state index in [0.29, 0.717) is 5.57 Å². The molecule has 0 saturated heterocycles. The van der Waals surface area contributed by atoms with Crippen molar-refractivity contribution in [3.8, 4) is 0 Å². The van der Waals surface area contributed by atoms with Gasteiger partial charge in [-0.05, 0) is 46.0 Å². The summed E-state index contributed by atoms with van der Waals surface area (Å²) in [5, 5.41) is 0. The third-order valence-corrected chi connectivity index (χ3v) is 3.22. The van der Waals surface area contributed by atoms with E-state index in [1.54, 1.807) is 13.0 Å². The normalized spacial score (nSPS) is 20.9. The molecule has 1 rings (SSSR count). The van der Waals surface area contributed by atoms with Gasteiger partial charge in [-0.1, -0.05) is 13.0 Å². The van der Waals surface area contributed by atoms with Crippen molar-refractivity contribution in [1.29, 1.82) is 0 Å². The van der Waals surface area contributed by atoms with E-state index in [-0.39, 0.29) is 11.6 Å². The molecule has 0 atom stereocenters. The third kappa shape index (κ3) is 2.37. The van der Waals surface area contributed by atoms with Gasteiger partial charge < -0.3 is 4.74 Å². The van der Waals surface area contributed by atoms with E-state index in [2.05, 4.69) is 6.92 Å². The monoisotopic (exact) mass is 196 g/mol. The maximum absolute atomic E-state index is 11.6. The van der Waals surface area contributed by atoms with Gasteiger partial charge in [0.1, 0.15) is 5.60 Å². The fourth-order valence-corrected chi connectivity index (χ4v) is 1.94. The molecule has 0 aromatic heterocycles. The van der Waals surface area contributed by atoms with Crippen LogP contribution in [-0.2, 0) is 9.53 Å². The largest absolute Gasteiger partial charge is 0.456 e. The van der Waals surface area contributed by atoms with Crippen molar-refractivity contribution in [3.05, 3.63) is 11.6 Å². The molecule has 1 aliphatic rings. The van der Waals surface area contributed by atoms with Gasteiger partial charge in [-0.3, -0.25) is 0 Å². The third-order valence-electron chi connectivity index (χ3n) is 3.22. The van der Waals surface area contributed by atoms with Gasteiger partial charge in [-0.15, -0.1) is 0 Å². The van der Waals surface area contributed by atoms with Gasteiger partial charge in [-0.25, -0.2) is 4.79 Å². The average Bonchev–Trinajstić information content (AvgIpc) is 2.65. The van der Waals surface area contributed by atoms with Gasteiger partial charge in [-0.2, -0.15) is 0 Å². The second kappa shape index (κ2) is 4.63. The van der Waals surface area contributed by atoms with Gasteiger partial charge in [0.15, 0.2) is 0 Å². The predicted octanol–water partition coefficient (Wildman–Crippen LogP) is 3.22. The Morgan fingerprint density at radius 3 is 2.43 bits per heavy atom. The van der Waals surface area contributed by atoms with Gasteiger partial charge in [0, 0.05) is 5.57 Å². The van der Waals surface area contributed by atoms with Crippen molar-refractivity contribution in [2.75, 3.05) is 0 Å². The summed E-state index contributed by atoms with van der Waals surface area (Å²) in [7, 11) is 0. The summed E-state index contributed by atoms with van der Waals surface area (Å²) in [6.07, 6.45) is 7.20. The number of ether oxygens (including phenoxy) is 1. The zero-order valence-electron chi connectivity index (χ0n) is 9.43. The average molecular weight is 196 g/mol. The quantitative estimate of drug-likeness (QED) is 0.511. The molecule has 0 radical (unpaired) electrons. The van der Waals surface area contributed by atoms with Crippen LogP contribution in [0.2, 0.25) is 0 Å². The Morgan fingerprint density at radius 2 is 2.00 bits per heavy atom. The highest BCUT2D eigenvalue weighted by Crippen LogP contribution is 2.36. The second-order valence-corrected chi connectivity index (χ2v) is 4.10. The minimum atomic E-state index is -0.151. The second-order valence-electron chi connectivity index (χ2n) is 4.10. The van der Waals surface area contributed by atoms with E-state index >= 15 is 0 Å². The molecule has 1 fully saturated rings. The molecule has 1 aliphatic carbocycles. The van der Waals surface area contributed by atoms with Gasteiger partial charge in [0.25, 0.3) is 0 Å². The first-order valence-electron chi connectivity index (χ1n) is 5.50. The predicted molar refractivity (Wildman–Crippen MR) is 57.0 cm³/mol. The lowest BCUT2D eigenvalue weighted by Crippen LogP contribution is -2.31. The lowest BCUT2D eigenvalue weighted by Gasteiger charge is -2.27. The van der Waals surface area contributed by atoms with E-state index in [4.69, 9.17) is 4.74 Å². The van der Waals surface area contributed by atoms with Crippen LogP contribution in [-0.4, -0.2) is 11.6 Å². The van der Waals surface area contributed by atoms with E-state index in [0.717, 1.165) is 19.3 Å². The minimum Gasteiger partial charge on any atom is -0.456 e. The van der Waals surface area contributed by atoms with E-state index in [1.807, 2.05) is 6.92 Å². The van der Waals surface area contributed by atoms with E-state index < -0.39 is 0 Å². The molecule has 1 saturated carbocycles. The summed E-state index contributed by atoms with van der Waals surface area (Å²) in [5.41, 5.74) is 0.561. The summed E-state index contributed by atoms with van der Waals surface area (Å²) in [6.45, 7) is 5.77. The number of esters is 1. The molecule has 0 aliphatic heterocycles. The van der Waals surface area contributed by atoms with Crippen molar-refractivity contribution in [2.45, 2.75) is 58.5 Å².